The maximum atomic E-state index is 11.4. The van der Waals surface area contributed by atoms with Crippen molar-refractivity contribution in [1.82, 2.24) is 10.4 Å². The fourth-order valence-electron chi connectivity index (χ4n) is 2.29. The number of aromatic amines is 1. The van der Waals surface area contributed by atoms with Gasteiger partial charge in [-0.2, -0.15) is 5.10 Å². The lowest BCUT2D eigenvalue weighted by Crippen LogP contribution is -2.29. The summed E-state index contributed by atoms with van der Waals surface area (Å²) in [6.07, 6.45) is 0. The Morgan fingerprint density at radius 2 is 2.29 bits per heavy atom. The summed E-state index contributed by atoms with van der Waals surface area (Å²) >= 11 is 5.98. The number of aromatic nitrogens is 1. The molecule has 0 bridgehead atoms. The third-order valence-electron chi connectivity index (χ3n) is 3.39. The Balaban J connectivity index is 2.06. The van der Waals surface area contributed by atoms with E-state index in [1.165, 1.54) is 7.11 Å². The van der Waals surface area contributed by atoms with Crippen molar-refractivity contribution in [3.63, 3.8) is 0 Å². The first-order valence-electron chi connectivity index (χ1n) is 6.88. The second-order valence-corrected chi connectivity index (χ2v) is 6.57. The van der Waals surface area contributed by atoms with E-state index in [0.29, 0.717) is 10.9 Å². The first kappa shape index (κ1) is 16.4. The number of azo groups is 1. The number of hydrogen-bond donors (Lipinski definition) is 3. The molecule has 1 unspecified atom stereocenters. The summed E-state index contributed by atoms with van der Waals surface area (Å²) in [5.41, 5.74) is 4.95. The van der Waals surface area contributed by atoms with E-state index in [1.807, 2.05) is 19.1 Å². The highest BCUT2D eigenvalue weighted by molar-refractivity contribution is 8.14. The number of nitrogens with zero attached hydrogens (tertiary/aromatic N) is 3. The van der Waals surface area contributed by atoms with Gasteiger partial charge in [0, 0.05) is 5.39 Å². The summed E-state index contributed by atoms with van der Waals surface area (Å²) in [6, 6.07) is 5.48. The van der Waals surface area contributed by atoms with Gasteiger partial charge in [0.05, 0.1) is 23.6 Å². The molecule has 0 aliphatic carbocycles. The highest BCUT2D eigenvalue weighted by atomic mass is 32.2. The first-order valence-corrected chi connectivity index (χ1v) is 8.17. The molecule has 1 aromatic heterocycles. The Bertz CT molecular complexity index is 890. The second-order valence-electron chi connectivity index (χ2n) is 4.91. The molecule has 2 heterocycles. The molecular formula is C14H13N5O3S2. The molecule has 1 aromatic carbocycles. The van der Waals surface area contributed by atoms with Crippen molar-refractivity contribution in [2.24, 2.45) is 15.3 Å². The predicted octanol–water partition coefficient (Wildman–Crippen LogP) is 3.44. The van der Waals surface area contributed by atoms with Crippen molar-refractivity contribution in [1.29, 1.82) is 0 Å². The quantitative estimate of drug-likeness (QED) is 0.559. The van der Waals surface area contributed by atoms with Crippen molar-refractivity contribution < 1.29 is 14.6 Å². The van der Waals surface area contributed by atoms with Crippen molar-refractivity contribution >= 4 is 56.7 Å². The predicted molar refractivity (Wildman–Crippen MR) is 96.2 cm³/mol. The van der Waals surface area contributed by atoms with Crippen molar-refractivity contribution in [2.75, 3.05) is 7.11 Å². The minimum Gasteiger partial charge on any atom is -0.493 e. The number of H-pyrrole nitrogens is 1. The van der Waals surface area contributed by atoms with Gasteiger partial charge in [-0.25, -0.2) is 5.43 Å². The summed E-state index contributed by atoms with van der Waals surface area (Å²) in [5.74, 6) is -0.119. The van der Waals surface area contributed by atoms with Crippen LogP contribution in [0, 0.1) is 0 Å². The van der Waals surface area contributed by atoms with Crippen LogP contribution in [0.15, 0.2) is 33.5 Å². The van der Waals surface area contributed by atoms with Crippen LogP contribution >= 0.6 is 24.0 Å². The van der Waals surface area contributed by atoms with E-state index < -0.39 is 0 Å². The second kappa shape index (κ2) is 6.57. The summed E-state index contributed by atoms with van der Waals surface area (Å²) in [7, 11) is 1.39. The third-order valence-corrected chi connectivity index (χ3v) is 4.52. The molecule has 24 heavy (non-hydrogen) atoms. The lowest BCUT2D eigenvalue weighted by molar-refractivity contribution is 0.261. The van der Waals surface area contributed by atoms with Crippen LogP contribution in [0.25, 0.3) is 10.9 Å². The number of carbonyl (C=O) groups is 1. The molecule has 8 nitrogen and oxygen atoms in total. The fraction of sp³-hybridized carbons (Fsp3) is 0.214. The van der Waals surface area contributed by atoms with Gasteiger partial charge in [-0.05, 0) is 36.8 Å². The van der Waals surface area contributed by atoms with Crippen LogP contribution in [0.5, 0.6) is 5.88 Å². The zero-order valence-electron chi connectivity index (χ0n) is 12.7. The third kappa shape index (κ3) is 3.10. The minimum atomic E-state index is -0.186. The average Bonchev–Trinajstić information content (AvgIpc) is 2.87. The first-order chi connectivity index (χ1) is 11.5. The van der Waals surface area contributed by atoms with Crippen LogP contribution in [0.2, 0.25) is 0 Å². The van der Waals surface area contributed by atoms with E-state index in [0.717, 1.165) is 23.0 Å². The lowest BCUT2D eigenvalue weighted by atomic mass is 10.1. The topological polar surface area (TPSA) is 111 Å². The Hall–Kier alpha value is -2.46. The Kier molecular flexibility index (Phi) is 4.49. The van der Waals surface area contributed by atoms with Gasteiger partial charge in [-0.1, -0.05) is 22.9 Å². The van der Waals surface area contributed by atoms with E-state index in [4.69, 9.17) is 17.0 Å². The van der Waals surface area contributed by atoms with Crippen LogP contribution in [0.3, 0.4) is 0 Å². The number of methoxy groups -OCH3 is 1. The van der Waals surface area contributed by atoms with E-state index in [9.17, 15) is 9.90 Å². The van der Waals surface area contributed by atoms with Gasteiger partial charge >= 0.3 is 5.17 Å². The van der Waals surface area contributed by atoms with Crippen LogP contribution in [0.4, 0.5) is 10.5 Å². The molecule has 0 saturated carbocycles. The standard InChI is InChI=1S/C14H13N5O3S2/c1-6-10(16-18-13(21)24-6)7-3-4-9-8(5-7)11(12(20)15-9)17-19-14(23)22-2/h3-6,15,20H,1-2H3,(H,18,21). The maximum Gasteiger partial charge on any atom is 0.302 e. The van der Waals surface area contributed by atoms with Crippen molar-refractivity contribution in [3.8, 4) is 5.88 Å². The number of thiocarbonyl (C=S) groups is 1. The number of hydrazone groups is 1. The number of carbonyl (C=O) groups excluding carboxylic acids is 1. The van der Waals surface area contributed by atoms with E-state index in [1.54, 1.807) is 6.07 Å². The van der Waals surface area contributed by atoms with Crippen LogP contribution < -0.4 is 5.43 Å². The summed E-state index contributed by atoms with van der Waals surface area (Å²) in [4.78, 5) is 14.2. The van der Waals surface area contributed by atoms with Gasteiger partial charge in [-0.3, -0.25) is 4.79 Å². The molecule has 0 radical (unpaired) electrons. The normalized spacial score (nSPS) is 17.8. The molecule has 124 valence electrons. The largest absolute Gasteiger partial charge is 0.493 e. The number of amides is 1. The van der Waals surface area contributed by atoms with Gasteiger partial charge in [-0.15, -0.1) is 5.11 Å². The molecule has 0 spiro atoms. The minimum absolute atomic E-state index is 0.0377. The highest BCUT2D eigenvalue weighted by Crippen LogP contribution is 2.36. The fourth-order valence-corrected chi connectivity index (χ4v) is 3.06. The van der Waals surface area contributed by atoms with Gasteiger partial charge < -0.3 is 14.8 Å². The summed E-state index contributed by atoms with van der Waals surface area (Å²) in [5, 5.41) is 22.2. The van der Waals surface area contributed by atoms with Crippen molar-refractivity contribution in [2.45, 2.75) is 12.2 Å². The number of thioether (sulfide) groups is 1. The van der Waals surface area contributed by atoms with E-state index in [-0.39, 0.29) is 27.2 Å². The number of fused-ring (bicyclic) bond motifs is 1. The Labute approximate surface area is 146 Å². The van der Waals surface area contributed by atoms with Gasteiger partial charge in [0.25, 0.3) is 5.24 Å². The zero-order chi connectivity index (χ0) is 17.3. The van der Waals surface area contributed by atoms with E-state index in [2.05, 4.69) is 25.7 Å². The number of aromatic hydroxyl groups is 1. The van der Waals surface area contributed by atoms with Gasteiger partial charge in [0.2, 0.25) is 5.88 Å². The number of rotatable bonds is 2. The zero-order valence-corrected chi connectivity index (χ0v) is 14.4. The van der Waals surface area contributed by atoms with Crippen LogP contribution in [-0.4, -0.2) is 38.6 Å². The van der Waals surface area contributed by atoms with E-state index >= 15 is 0 Å². The molecule has 0 fully saturated rings. The summed E-state index contributed by atoms with van der Waals surface area (Å²) < 4.78 is 4.76. The molecule has 1 amide bonds. The SMILES string of the molecule is COC(=S)N=Nc1c(O)[nH]c2ccc(C3=NNC(=O)SC3C)cc12. The van der Waals surface area contributed by atoms with Crippen LogP contribution in [0.1, 0.15) is 12.5 Å². The number of nitrogens with one attached hydrogen (secondary N) is 2. The smallest absolute Gasteiger partial charge is 0.302 e. The Morgan fingerprint density at radius 1 is 1.50 bits per heavy atom. The monoisotopic (exact) mass is 363 g/mol. The molecule has 2 aromatic rings. The summed E-state index contributed by atoms with van der Waals surface area (Å²) in [6.45, 7) is 1.90. The van der Waals surface area contributed by atoms with Crippen LogP contribution in [-0.2, 0) is 4.74 Å². The highest BCUT2D eigenvalue weighted by Gasteiger charge is 2.23. The molecule has 3 rings (SSSR count). The maximum absolute atomic E-state index is 11.4. The molecular weight excluding hydrogens is 350 g/mol. The Morgan fingerprint density at radius 3 is 3.00 bits per heavy atom. The van der Waals surface area contributed by atoms with Gasteiger partial charge in [0.1, 0.15) is 0 Å². The van der Waals surface area contributed by atoms with Gasteiger partial charge in [0.15, 0.2) is 5.69 Å². The average molecular weight is 363 g/mol. The molecule has 1 aliphatic rings. The molecule has 10 heteroatoms. The number of hydrogen-bond acceptors (Lipinski definition) is 7. The molecule has 1 aliphatic heterocycles. The number of benzene rings is 1. The number of ether oxygens (including phenoxy) is 1. The molecule has 1 atom stereocenters. The molecule has 3 N–H and O–H groups in total. The molecule has 0 saturated heterocycles. The van der Waals surface area contributed by atoms with Crippen molar-refractivity contribution in [3.05, 3.63) is 23.8 Å². The lowest BCUT2D eigenvalue weighted by Gasteiger charge is -2.18.